The second-order valence-electron chi connectivity index (χ2n) is 19.5. The van der Waals surface area contributed by atoms with Crippen LogP contribution in [0.15, 0.2) is 72.9 Å². The molecule has 0 aliphatic rings. The van der Waals surface area contributed by atoms with Gasteiger partial charge in [-0.25, -0.2) is 0 Å². The maximum absolute atomic E-state index is 12.9. The molecule has 0 aromatic rings. The van der Waals surface area contributed by atoms with Crippen molar-refractivity contribution < 1.29 is 28.6 Å². The summed E-state index contributed by atoms with van der Waals surface area (Å²) in [5.74, 6) is -0.902. The molecule has 0 aliphatic heterocycles. The fraction of sp³-hybridized carbons (Fsp3) is 0.762. The van der Waals surface area contributed by atoms with Crippen molar-refractivity contribution >= 4 is 17.9 Å². The van der Waals surface area contributed by atoms with Crippen molar-refractivity contribution in [3.8, 4) is 0 Å². The van der Waals surface area contributed by atoms with Crippen LogP contribution in [0.5, 0.6) is 0 Å². The number of esters is 3. The van der Waals surface area contributed by atoms with Crippen molar-refractivity contribution in [3.63, 3.8) is 0 Å². The van der Waals surface area contributed by atoms with Gasteiger partial charge in [-0.2, -0.15) is 0 Å². The fourth-order valence-corrected chi connectivity index (χ4v) is 8.18. The van der Waals surface area contributed by atoms with Gasteiger partial charge in [0.15, 0.2) is 6.10 Å². The zero-order valence-electron chi connectivity index (χ0n) is 45.6. The van der Waals surface area contributed by atoms with E-state index in [9.17, 15) is 14.4 Å². The lowest BCUT2D eigenvalue weighted by Gasteiger charge is -2.18. The summed E-state index contributed by atoms with van der Waals surface area (Å²) < 4.78 is 16.9. The van der Waals surface area contributed by atoms with Gasteiger partial charge in [-0.3, -0.25) is 14.4 Å². The standard InChI is InChI=1S/C63H110O6/c1-4-7-10-13-16-19-22-25-28-30-31-33-35-38-41-44-47-50-53-56-62(65)68-59-60(58-67-61(64)55-52-49-46-43-40-37-34-27-24-21-18-15-12-9-6-3)69-63(66)57-54-51-48-45-42-39-36-32-29-26-23-20-17-14-11-8-5-2/h16-21,25-29,34,60H,4-15,22-24,30-33,35-59H2,1-3H3/b19-16+,20-17+,21-18+,28-25+,29-26+,34-27+/t60-/m1/s1. The lowest BCUT2D eigenvalue weighted by atomic mass is 10.1. The molecule has 0 saturated heterocycles. The Morgan fingerprint density at radius 3 is 0.797 bits per heavy atom. The van der Waals surface area contributed by atoms with Crippen molar-refractivity contribution in [3.05, 3.63) is 72.9 Å². The zero-order chi connectivity index (χ0) is 50.0. The number of hydrogen-bond acceptors (Lipinski definition) is 6. The number of unbranched alkanes of at least 4 members (excludes halogenated alkanes) is 30. The summed E-state index contributed by atoms with van der Waals surface area (Å²) in [5, 5.41) is 0. The topological polar surface area (TPSA) is 78.9 Å². The van der Waals surface area contributed by atoms with Crippen LogP contribution in [0, 0.1) is 0 Å². The second-order valence-corrected chi connectivity index (χ2v) is 19.5. The predicted molar refractivity (Wildman–Crippen MR) is 298 cm³/mol. The SMILES string of the molecule is CCCCC/C=C/C/C=C/CCCCCCCCCCCC(=O)OC[C@@H](COC(=O)CCCCCCC/C=C/C/C=C/CCCCC)OC(=O)CCCCCCCCC/C=C/C/C=C/CCCCC. The van der Waals surface area contributed by atoms with Crippen LogP contribution >= 0.6 is 0 Å². The third kappa shape index (κ3) is 55.6. The van der Waals surface area contributed by atoms with E-state index in [0.717, 1.165) is 96.3 Å². The average Bonchev–Trinajstić information content (AvgIpc) is 3.35. The van der Waals surface area contributed by atoms with Gasteiger partial charge in [0.05, 0.1) is 0 Å². The number of hydrogen-bond donors (Lipinski definition) is 0. The van der Waals surface area contributed by atoms with Gasteiger partial charge in [0.25, 0.3) is 0 Å². The molecule has 0 spiro atoms. The van der Waals surface area contributed by atoms with Gasteiger partial charge in [-0.05, 0) is 116 Å². The van der Waals surface area contributed by atoms with Crippen LogP contribution in [0.1, 0.15) is 290 Å². The summed E-state index contributed by atoms with van der Waals surface area (Å²) in [6.45, 7) is 6.56. The monoisotopic (exact) mass is 963 g/mol. The van der Waals surface area contributed by atoms with E-state index >= 15 is 0 Å². The molecule has 0 amide bonds. The van der Waals surface area contributed by atoms with Gasteiger partial charge < -0.3 is 14.2 Å². The molecule has 0 saturated carbocycles. The average molecular weight is 964 g/mol. The highest BCUT2D eigenvalue weighted by Crippen LogP contribution is 2.15. The van der Waals surface area contributed by atoms with Crippen LogP contribution in [-0.2, 0) is 28.6 Å². The Kier molecular flexibility index (Phi) is 54.8. The Hall–Kier alpha value is -3.15. The minimum atomic E-state index is -0.788. The van der Waals surface area contributed by atoms with Gasteiger partial charge >= 0.3 is 17.9 Å². The molecule has 0 rings (SSSR count). The summed E-state index contributed by atoms with van der Waals surface area (Å²) in [6, 6.07) is 0. The number of carbonyl (C=O) groups is 3. The Bertz CT molecular complexity index is 1290. The first-order valence-corrected chi connectivity index (χ1v) is 29.4. The summed E-state index contributed by atoms with van der Waals surface area (Å²) in [7, 11) is 0. The van der Waals surface area contributed by atoms with E-state index in [-0.39, 0.29) is 31.1 Å². The molecule has 0 aliphatic carbocycles. The van der Waals surface area contributed by atoms with Crippen molar-refractivity contribution in [2.75, 3.05) is 13.2 Å². The molecular formula is C63H110O6. The van der Waals surface area contributed by atoms with Gasteiger partial charge in [-0.15, -0.1) is 0 Å². The molecule has 0 radical (unpaired) electrons. The van der Waals surface area contributed by atoms with Gasteiger partial charge in [-0.1, -0.05) is 229 Å². The van der Waals surface area contributed by atoms with Crippen LogP contribution in [0.4, 0.5) is 0 Å². The molecule has 0 heterocycles. The molecule has 0 fully saturated rings. The largest absolute Gasteiger partial charge is 0.462 e. The summed E-state index contributed by atoms with van der Waals surface area (Å²) in [6.07, 6.45) is 73.1. The number of rotatable bonds is 53. The van der Waals surface area contributed by atoms with E-state index in [4.69, 9.17) is 14.2 Å². The lowest BCUT2D eigenvalue weighted by molar-refractivity contribution is -0.167. The Labute approximate surface area is 427 Å². The molecule has 0 aromatic heterocycles. The summed E-state index contributed by atoms with van der Waals surface area (Å²) in [5.41, 5.74) is 0. The molecule has 6 heteroatoms. The van der Waals surface area contributed by atoms with E-state index in [2.05, 4.69) is 93.7 Å². The van der Waals surface area contributed by atoms with Crippen LogP contribution in [0.2, 0.25) is 0 Å². The van der Waals surface area contributed by atoms with Gasteiger partial charge in [0, 0.05) is 19.3 Å². The lowest BCUT2D eigenvalue weighted by Crippen LogP contribution is -2.30. The quantitative estimate of drug-likeness (QED) is 0.0262. The summed E-state index contributed by atoms with van der Waals surface area (Å²) >= 11 is 0. The first-order valence-electron chi connectivity index (χ1n) is 29.4. The molecule has 1 atom stereocenters. The molecule has 69 heavy (non-hydrogen) atoms. The van der Waals surface area contributed by atoms with Crippen molar-refractivity contribution in [1.82, 2.24) is 0 Å². The smallest absolute Gasteiger partial charge is 0.306 e. The van der Waals surface area contributed by atoms with Crippen molar-refractivity contribution in [2.24, 2.45) is 0 Å². The van der Waals surface area contributed by atoms with E-state index < -0.39 is 6.10 Å². The number of carbonyl (C=O) groups excluding carboxylic acids is 3. The Morgan fingerprint density at radius 2 is 0.522 bits per heavy atom. The zero-order valence-corrected chi connectivity index (χ0v) is 45.6. The number of ether oxygens (including phenoxy) is 3. The minimum absolute atomic E-state index is 0.0849. The maximum atomic E-state index is 12.9. The number of allylic oxidation sites excluding steroid dienone is 12. The first kappa shape index (κ1) is 65.8. The van der Waals surface area contributed by atoms with E-state index in [1.165, 1.54) is 154 Å². The van der Waals surface area contributed by atoms with E-state index in [1.807, 2.05) is 0 Å². The van der Waals surface area contributed by atoms with E-state index in [0.29, 0.717) is 19.3 Å². The molecule has 0 bridgehead atoms. The first-order chi connectivity index (χ1) is 34.0. The second kappa shape index (κ2) is 57.4. The molecule has 0 unspecified atom stereocenters. The summed E-state index contributed by atoms with van der Waals surface area (Å²) in [4.78, 5) is 38.2. The van der Waals surface area contributed by atoms with E-state index in [1.54, 1.807) is 0 Å². The highest BCUT2D eigenvalue weighted by Gasteiger charge is 2.19. The fourth-order valence-electron chi connectivity index (χ4n) is 8.18. The van der Waals surface area contributed by atoms with Crippen molar-refractivity contribution in [1.29, 1.82) is 0 Å². The highest BCUT2D eigenvalue weighted by molar-refractivity contribution is 5.71. The van der Waals surface area contributed by atoms with Crippen LogP contribution in [0.3, 0.4) is 0 Å². The normalized spacial score (nSPS) is 12.6. The Balaban J connectivity index is 4.40. The molecule has 0 aromatic carbocycles. The molecular weight excluding hydrogens is 853 g/mol. The third-order valence-corrected chi connectivity index (χ3v) is 12.7. The van der Waals surface area contributed by atoms with Crippen molar-refractivity contribution in [2.45, 2.75) is 297 Å². The molecule has 0 N–H and O–H groups in total. The van der Waals surface area contributed by atoms with Crippen LogP contribution in [-0.4, -0.2) is 37.2 Å². The van der Waals surface area contributed by atoms with Gasteiger partial charge in [0.1, 0.15) is 13.2 Å². The van der Waals surface area contributed by atoms with Gasteiger partial charge in [0.2, 0.25) is 0 Å². The van der Waals surface area contributed by atoms with Crippen LogP contribution in [0.25, 0.3) is 0 Å². The highest BCUT2D eigenvalue weighted by atomic mass is 16.6. The maximum Gasteiger partial charge on any atom is 0.306 e. The minimum Gasteiger partial charge on any atom is -0.462 e. The predicted octanol–water partition coefficient (Wildman–Crippen LogP) is 19.8. The molecule has 6 nitrogen and oxygen atoms in total. The Morgan fingerprint density at radius 1 is 0.290 bits per heavy atom. The van der Waals surface area contributed by atoms with Crippen LogP contribution < -0.4 is 0 Å². The third-order valence-electron chi connectivity index (χ3n) is 12.7. The molecule has 398 valence electrons.